The zero-order chi connectivity index (χ0) is 19.3. The third-order valence-electron chi connectivity index (χ3n) is 4.68. The first-order chi connectivity index (χ1) is 13.7. The molecule has 1 fully saturated rings. The zero-order valence-corrected chi connectivity index (χ0v) is 15.5. The molecule has 0 bridgehead atoms. The van der Waals surface area contributed by atoms with E-state index < -0.39 is 5.76 Å². The van der Waals surface area contributed by atoms with Gasteiger partial charge in [-0.1, -0.05) is 5.16 Å². The van der Waals surface area contributed by atoms with Gasteiger partial charge in [0.25, 0.3) is 0 Å². The first-order valence-corrected chi connectivity index (χ1v) is 9.21. The van der Waals surface area contributed by atoms with Crippen LogP contribution in [0, 0.1) is 0 Å². The number of aromatic nitrogens is 2. The van der Waals surface area contributed by atoms with Crippen molar-refractivity contribution in [1.29, 1.82) is 0 Å². The van der Waals surface area contributed by atoms with Gasteiger partial charge in [0.2, 0.25) is 0 Å². The van der Waals surface area contributed by atoms with Gasteiger partial charge in [0.15, 0.2) is 11.6 Å². The summed E-state index contributed by atoms with van der Waals surface area (Å²) >= 11 is 0. The number of benzene rings is 2. The van der Waals surface area contributed by atoms with E-state index in [9.17, 15) is 4.79 Å². The summed E-state index contributed by atoms with van der Waals surface area (Å²) in [7, 11) is 1.62. The topological polar surface area (TPSA) is 101 Å². The SMILES string of the molecule is COc1ccc(Oc2cc(-c3noc(=O)[nH]3)ccc2NCC2CCCN2)cc1. The van der Waals surface area contributed by atoms with Gasteiger partial charge in [0, 0.05) is 18.2 Å². The van der Waals surface area contributed by atoms with Crippen LogP contribution < -0.4 is 25.9 Å². The molecule has 0 saturated carbocycles. The number of nitrogens with one attached hydrogen (secondary N) is 3. The summed E-state index contributed by atoms with van der Waals surface area (Å²) in [5, 5.41) is 10.7. The number of hydrogen-bond donors (Lipinski definition) is 3. The highest BCUT2D eigenvalue weighted by atomic mass is 16.5. The minimum Gasteiger partial charge on any atom is -0.497 e. The van der Waals surface area contributed by atoms with Crippen molar-refractivity contribution < 1.29 is 14.0 Å². The fourth-order valence-electron chi connectivity index (χ4n) is 3.19. The Kier molecular flexibility index (Phi) is 5.29. The van der Waals surface area contributed by atoms with Gasteiger partial charge in [-0.3, -0.25) is 9.51 Å². The van der Waals surface area contributed by atoms with Crippen LogP contribution in [0.5, 0.6) is 17.2 Å². The lowest BCUT2D eigenvalue weighted by atomic mass is 10.1. The highest BCUT2D eigenvalue weighted by Crippen LogP contribution is 2.34. The second kappa shape index (κ2) is 8.18. The van der Waals surface area contributed by atoms with Gasteiger partial charge in [-0.25, -0.2) is 4.79 Å². The molecule has 2 heterocycles. The van der Waals surface area contributed by atoms with E-state index in [1.165, 1.54) is 6.42 Å². The van der Waals surface area contributed by atoms with Gasteiger partial charge in [-0.05, 0) is 61.9 Å². The number of anilines is 1. The van der Waals surface area contributed by atoms with Crippen LogP contribution in [0.1, 0.15) is 12.8 Å². The largest absolute Gasteiger partial charge is 0.497 e. The van der Waals surface area contributed by atoms with Gasteiger partial charge in [-0.15, -0.1) is 0 Å². The molecule has 146 valence electrons. The van der Waals surface area contributed by atoms with Crippen LogP contribution in [0.4, 0.5) is 5.69 Å². The van der Waals surface area contributed by atoms with Gasteiger partial charge in [0.1, 0.15) is 11.5 Å². The minimum atomic E-state index is -0.595. The molecule has 1 aliphatic heterocycles. The number of nitrogens with zero attached hydrogens (tertiary/aromatic N) is 1. The lowest BCUT2D eigenvalue weighted by Crippen LogP contribution is -2.29. The quantitative estimate of drug-likeness (QED) is 0.577. The first-order valence-electron chi connectivity index (χ1n) is 9.21. The Hall–Kier alpha value is -3.26. The van der Waals surface area contributed by atoms with Gasteiger partial charge < -0.3 is 20.1 Å². The molecule has 4 rings (SSSR count). The van der Waals surface area contributed by atoms with E-state index in [4.69, 9.17) is 9.47 Å². The summed E-state index contributed by atoms with van der Waals surface area (Å²) in [5.41, 5.74) is 1.55. The van der Waals surface area contributed by atoms with Crippen molar-refractivity contribution in [2.45, 2.75) is 18.9 Å². The molecule has 8 nitrogen and oxygen atoms in total. The molecule has 1 saturated heterocycles. The zero-order valence-electron chi connectivity index (χ0n) is 15.5. The maximum Gasteiger partial charge on any atom is 0.439 e. The fourth-order valence-corrected chi connectivity index (χ4v) is 3.19. The lowest BCUT2D eigenvalue weighted by Gasteiger charge is -2.17. The Morgan fingerprint density at radius 2 is 2.04 bits per heavy atom. The molecule has 1 aliphatic rings. The molecule has 3 aromatic rings. The van der Waals surface area contributed by atoms with Crippen LogP contribution in [-0.4, -0.2) is 36.4 Å². The minimum absolute atomic E-state index is 0.355. The Labute approximate surface area is 161 Å². The van der Waals surface area contributed by atoms with Crippen molar-refractivity contribution in [3.63, 3.8) is 0 Å². The number of methoxy groups -OCH3 is 1. The van der Waals surface area contributed by atoms with E-state index in [2.05, 4.69) is 25.3 Å². The monoisotopic (exact) mass is 382 g/mol. The van der Waals surface area contributed by atoms with Crippen LogP contribution in [-0.2, 0) is 0 Å². The van der Waals surface area contributed by atoms with Gasteiger partial charge in [-0.2, -0.15) is 0 Å². The molecule has 0 radical (unpaired) electrons. The predicted octanol–water partition coefficient (Wildman–Crippen LogP) is 2.99. The molecular weight excluding hydrogens is 360 g/mol. The van der Waals surface area contributed by atoms with Crippen molar-refractivity contribution in [3.05, 3.63) is 53.0 Å². The van der Waals surface area contributed by atoms with Crippen LogP contribution in [0.25, 0.3) is 11.4 Å². The lowest BCUT2D eigenvalue weighted by molar-refractivity contribution is 0.388. The van der Waals surface area contributed by atoms with E-state index in [1.807, 2.05) is 42.5 Å². The maximum atomic E-state index is 11.3. The molecule has 1 aromatic heterocycles. The molecule has 8 heteroatoms. The molecule has 28 heavy (non-hydrogen) atoms. The highest BCUT2D eigenvalue weighted by Gasteiger charge is 2.16. The number of H-pyrrole nitrogens is 1. The smallest absolute Gasteiger partial charge is 0.439 e. The second-order valence-corrected chi connectivity index (χ2v) is 6.61. The predicted molar refractivity (Wildman–Crippen MR) is 105 cm³/mol. The summed E-state index contributed by atoms with van der Waals surface area (Å²) in [4.78, 5) is 13.8. The number of hydrogen-bond acceptors (Lipinski definition) is 7. The molecule has 3 N–H and O–H groups in total. The Balaban J connectivity index is 1.60. The standard InChI is InChI=1S/C20H22N4O4/c1-26-15-5-7-16(8-6-15)27-18-11-13(19-23-20(25)28-24-19)4-9-17(18)22-12-14-3-2-10-21-14/h4-9,11,14,21-22H,2-3,10,12H2,1H3,(H,23,24,25). The molecule has 0 amide bonds. The van der Waals surface area contributed by atoms with Crippen LogP contribution in [0.3, 0.4) is 0 Å². The summed E-state index contributed by atoms with van der Waals surface area (Å²) < 4.78 is 15.9. The molecular formula is C20H22N4O4. The maximum absolute atomic E-state index is 11.3. The normalized spacial score (nSPS) is 16.1. The molecule has 2 aromatic carbocycles. The van der Waals surface area contributed by atoms with E-state index in [1.54, 1.807) is 7.11 Å². The first kappa shape index (κ1) is 18.1. The Morgan fingerprint density at radius 1 is 1.21 bits per heavy atom. The Bertz CT molecular complexity index is 974. The van der Waals surface area contributed by atoms with Crippen molar-refractivity contribution >= 4 is 5.69 Å². The second-order valence-electron chi connectivity index (χ2n) is 6.61. The average Bonchev–Trinajstić information content (AvgIpc) is 3.39. The number of ether oxygens (including phenoxy) is 2. The molecule has 1 atom stereocenters. The molecule has 0 spiro atoms. The van der Waals surface area contributed by atoms with Gasteiger partial charge in [0.05, 0.1) is 12.8 Å². The fraction of sp³-hybridized carbons (Fsp3) is 0.300. The van der Waals surface area contributed by atoms with E-state index in [0.29, 0.717) is 28.9 Å². The van der Waals surface area contributed by atoms with Crippen molar-refractivity contribution in [2.24, 2.45) is 0 Å². The summed E-state index contributed by atoms with van der Waals surface area (Å²) in [6.45, 7) is 1.86. The Morgan fingerprint density at radius 3 is 2.71 bits per heavy atom. The molecule has 1 unspecified atom stereocenters. The number of rotatable bonds is 7. The summed E-state index contributed by atoms with van der Waals surface area (Å²) in [5.74, 6) is 1.82. The van der Waals surface area contributed by atoms with Crippen molar-refractivity contribution in [2.75, 3.05) is 25.5 Å². The van der Waals surface area contributed by atoms with Crippen LogP contribution in [0.15, 0.2) is 51.8 Å². The highest BCUT2D eigenvalue weighted by molar-refractivity contribution is 5.67. The van der Waals surface area contributed by atoms with Crippen molar-refractivity contribution in [1.82, 2.24) is 15.5 Å². The van der Waals surface area contributed by atoms with Gasteiger partial charge >= 0.3 is 5.76 Å². The third-order valence-corrected chi connectivity index (χ3v) is 4.68. The molecule has 0 aliphatic carbocycles. The third kappa shape index (κ3) is 4.17. The van der Waals surface area contributed by atoms with E-state index in [-0.39, 0.29) is 0 Å². The van der Waals surface area contributed by atoms with E-state index in [0.717, 1.165) is 30.9 Å². The van der Waals surface area contributed by atoms with Crippen LogP contribution in [0.2, 0.25) is 0 Å². The summed E-state index contributed by atoms with van der Waals surface area (Å²) in [6.07, 6.45) is 2.35. The average molecular weight is 382 g/mol. The summed E-state index contributed by atoms with van der Waals surface area (Å²) in [6, 6.07) is 13.4. The number of aromatic amines is 1. The van der Waals surface area contributed by atoms with Crippen LogP contribution >= 0.6 is 0 Å². The van der Waals surface area contributed by atoms with E-state index >= 15 is 0 Å². The van der Waals surface area contributed by atoms with Crippen molar-refractivity contribution in [3.8, 4) is 28.6 Å².